The molecule has 1 aliphatic carbocycles. The number of rotatable bonds is 18. The summed E-state index contributed by atoms with van der Waals surface area (Å²) in [5.74, 6) is 0.536. The fraction of sp³-hybridized carbons (Fsp3) is 0.622. The Morgan fingerprint density at radius 2 is 1.62 bits per heavy atom. The number of hydrogen-bond acceptors (Lipinski definition) is 5. The van der Waals surface area contributed by atoms with Gasteiger partial charge < -0.3 is 20.9 Å². The van der Waals surface area contributed by atoms with E-state index in [4.69, 9.17) is 0 Å². The number of hydrogen-bond donors (Lipinski definition) is 3. The first-order chi connectivity index (χ1) is 22.0. The molecule has 1 spiro atoms. The molecule has 8 heteroatoms. The molecule has 3 aliphatic rings. The lowest BCUT2D eigenvalue weighted by molar-refractivity contribution is -0.136. The van der Waals surface area contributed by atoms with E-state index in [-0.39, 0.29) is 30.3 Å². The predicted octanol–water partition coefficient (Wildman–Crippen LogP) is 6.68. The predicted molar refractivity (Wildman–Crippen MR) is 180 cm³/mol. The molecule has 1 unspecified atom stereocenters. The molecule has 3 amide bonds. The van der Waals surface area contributed by atoms with Crippen molar-refractivity contribution < 1.29 is 14.4 Å². The van der Waals surface area contributed by atoms with Crippen LogP contribution < -0.4 is 16.0 Å². The summed E-state index contributed by atoms with van der Waals surface area (Å²) in [6.07, 6.45) is 20.8. The molecule has 3 N–H and O–H groups in total. The highest BCUT2D eigenvalue weighted by molar-refractivity contribution is 6.06. The Morgan fingerprint density at radius 3 is 2.31 bits per heavy atom. The number of amides is 3. The standard InChI is InChI=1S/C37H53N5O3/c1-2-3-4-5-6-7-8-9-10-11-12-13-14-17-34(44)42(31-20-22-38-26-31)27-33(43)40-30-19-18-28-24-37(25-29(28)23-30)32-16-15-21-39-35(32)41-36(37)45/h15-16,18-19,21,23,31,38H,2-14,17,20,22,24-27H2,1H3,(H,40,43)(H,39,41,45)/t31-,37?/m0/s1. The van der Waals surface area contributed by atoms with E-state index in [0.29, 0.717) is 30.8 Å². The summed E-state index contributed by atoms with van der Waals surface area (Å²) in [6.45, 7) is 3.93. The molecule has 1 aromatic carbocycles. The van der Waals surface area contributed by atoms with Crippen LogP contribution in [0.25, 0.3) is 0 Å². The van der Waals surface area contributed by atoms with Crippen LogP contribution in [0, 0.1) is 0 Å². The molecule has 8 nitrogen and oxygen atoms in total. The minimum atomic E-state index is -0.638. The van der Waals surface area contributed by atoms with Gasteiger partial charge in [-0.2, -0.15) is 0 Å². The molecule has 3 heterocycles. The number of carbonyl (C=O) groups excluding carboxylic acids is 3. The summed E-state index contributed by atoms with van der Waals surface area (Å²) in [4.78, 5) is 45.8. The van der Waals surface area contributed by atoms with Crippen molar-refractivity contribution in [3.63, 3.8) is 0 Å². The quantitative estimate of drug-likeness (QED) is 0.162. The van der Waals surface area contributed by atoms with Gasteiger partial charge in [-0.1, -0.05) is 96.1 Å². The monoisotopic (exact) mass is 615 g/mol. The lowest BCUT2D eigenvalue weighted by Gasteiger charge is -2.28. The van der Waals surface area contributed by atoms with Gasteiger partial charge in [-0.15, -0.1) is 0 Å². The van der Waals surface area contributed by atoms with Crippen LogP contribution in [0.2, 0.25) is 0 Å². The van der Waals surface area contributed by atoms with Gasteiger partial charge in [0.25, 0.3) is 0 Å². The van der Waals surface area contributed by atoms with Crippen molar-refractivity contribution in [2.75, 3.05) is 30.3 Å². The number of pyridine rings is 1. The van der Waals surface area contributed by atoms with Gasteiger partial charge in [-0.3, -0.25) is 14.4 Å². The highest BCUT2D eigenvalue weighted by atomic mass is 16.2. The third kappa shape index (κ3) is 8.51. The average Bonchev–Trinajstić information content (AvgIpc) is 3.77. The van der Waals surface area contributed by atoms with Crippen molar-refractivity contribution in [1.82, 2.24) is 15.2 Å². The second-order valence-corrected chi connectivity index (χ2v) is 13.5. The van der Waals surface area contributed by atoms with Gasteiger partial charge in [0.1, 0.15) is 12.4 Å². The summed E-state index contributed by atoms with van der Waals surface area (Å²) in [5, 5.41) is 9.34. The van der Waals surface area contributed by atoms with Gasteiger partial charge in [-0.25, -0.2) is 4.98 Å². The molecular weight excluding hydrogens is 562 g/mol. The fourth-order valence-electron chi connectivity index (χ4n) is 7.46. The average molecular weight is 616 g/mol. The van der Waals surface area contributed by atoms with E-state index in [1.54, 1.807) is 11.1 Å². The van der Waals surface area contributed by atoms with Crippen molar-refractivity contribution in [3.8, 4) is 0 Å². The molecule has 0 saturated carbocycles. The van der Waals surface area contributed by atoms with Crippen LogP contribution in [-0.2, 0) is 32.6 Å². The van der Waals surface area contributed by atoms with E-state index in [2.05, 4.69) is 27.9 Å². The molecular formula is C37H53N5O3. The van der Waals surface area contributed by atoms with Gasteiger partial charge in [0.15, 0.2) is 0 Å². The largest absolute Gasteiger partial charge is 0.329 e. The van der Waals surface area contributed by atoms with E-state index in [0.717, 1.165) is 49.0 Å². The summed E-state index contributed by atoms with van der Waals surface area (Å²) < 4.78 is 0. The zero-order valence-corrected chi connectivity index (χ0v) is 27.3. The van der Waals surface area contributed by atoms with Crippen LogP contribution in [-0.4, -0.2) is 53.3 Å². The number of nitrogens with one attached hydrogen (secondary N) is 3. The number of aromatic nitrogens is 1. The minimum absolute atomic E-state index is 0.0131. The second-order valence-electron chi connectivity index (χ2n) is 13.5. The maximum atomic E-state index is 13.3. The lowest BCUT2D eigenvalue weighted by atomic mass is 9.79. The van der Waals surface area contributed by atoms with Crippen LogP contribution in [0.1, 0.15) is 120 Å². The van der Waals surface area contributed by atoms with E-state index >= 15 is 0 Å². The van der Waals surface area contributed by atoms with Crippen LogP contribution in [0.4, 0.5) is 11.5 Å². The molecule has 244 valence electrons. The Bertz CT molecular complexity index is 1310. The van der Waals surface area contributed by atoms with E-state index in [9.17, 15) is 14.4 Å². The summed E-state index contributed by atoms with van der Waals surface area (Å²) in [7, 11) is 0. The Hall–Kier alpha value is -3.26. The maximum Gasteiger partial charge on any atom is 0.244 e. The van der Waals surface area contributed by atoms with Gasteiger partial charge in [0, 0.05) is 36.5 Å². The van der Waals surface area contributed by atoms with Crippen molar-refractivity contribution in [3.05, 3.63) is 53.2 Å². The molecule has 1 fully saturated rings. The highest BCUT2D eigenvalue weighted by Crippen LogP contribution is 2.46. The molecule has 2 aromatic rings. The third-order valence-electron chi connectivity index (χ3n) is 10.1. The molecule has 5 rings (SSSR count). The normalized spacial score (nSPS) is 19.8. The second kappa shape index (κ2) is 16.3. The molecule has 2 atom stereocenters. The first-order valence-corrected chi connectivity index (χ1v) is 17.7. The Kier molecular flexibility index (Phi) is 12.0. The van der Waals surface area contributed by atoms with E-state index in [1.165, 1.54) is 70.6 Å². The minimum Gasteiger partial charge on any atom is -0.329 e. The van der Waals surface area contributed by atoms with Crippen molar-refractivity contribution in [2.24, 2.45) is 0 Å². The number of unbranched alkanes of at least 4 members (excludes halogenated alkanes) is 12. The molecule has 1 saturated heterocycles. The van der Waals surface area contributed by atoms with E-state index < -0.39 is 5.41 Å². The van der Waals surface area contributed by atoms with Crippen molar-refractivity contribution in [2.45, 2.75) is 128 Å². The van der Waals surface area contributed by atoms with Crippen LogP contribution in [0.3, 0.4) is 0 Å². The first kappa shape index (κ1) is 33.1. The molecule has 2 aliphatic heterocycles. The SMILES string of the molecule is CCCCCCCCCCCCCCCC(=O)N(CC(=O)Nc1ccc2c(c1)CC1(C2)C(=O)Nc2ncccc21)[C@H]1CCNC1. The first-order valence-electron chi connectivity index (χ1n) is 17.7. The Balaban J connectivity index is 1.05. The fourth-order valence-corrected chi connectivity index (χ4v) is 7.46. The number of anilines is 2. The van der Waals surface area contributed by atoms with Gasteiger partial charge >= 0.3 is 0 Å². The summed E-state index contributed by atoms with van der Waals surface area (Å²) in [5.41, 5.74) is 3.19. The van der Waals surface area contributed by atoms with Crippen molar-refractivity contribution in [1.29, 1.82) is 0 Å². The van der Waals surface area contributed by atoms with Gasteiger partial charge in [0.2, 0.25) is 17.7 Å². The van der Waals surface area contributed by atoms with Crippen LogP contribution in [0.15, 0.2) is 36.5 Å². The van der Waals surface area contributed by atoms with E-state index in [1.807, 2.05) is 30.3 Å². The van der Waals surface area contributed by atoms with Crippen molar-refractivity contribution >= 4 is 29.2 Å². The van der Waals surface area contributed by atoms with Crippen LogP contribution in [0.5, 0.6) is 0 Å². The van der Waals surface area contributed by atoms with Crippen LogP contribution >= 0.6 is 0 Å². The number of fused-ring (bicyclic) bond motifs is 3. The smallest absolute Gasteiger partial charge is 0.244 e. The summed E-state index contributed by atoms with van der Waals surface area (Å²) >= 11 is 0. The number of benzene rings is 1. The molecule has 0 bridgehead atoms. The lowest BCUT2D eigenvalue weighted by Crippen LogP contribution is -2.45. The van der Waals surface area contributed by atoms with Gasteiger partial charge in [-0.05, 0) is 61.6 Å². The van der Waals surface area contributed by atoms with Gasteiger partial charge in [0.05, 0.1) is 5.41 Å². The topological polar surface area (TPSA) is 103 Å². The zero-order chi connectivity index (χ0) is 31.5. The zero-order valence-electron chi connectivity index (χ0n) is 27.3. The Morgan fingerprint density at radius 1 is 0.933 bits per heavy atom. The molecule has 45 heavy (non-hydrogen) atoms. The molecule has 1 aromatic heterocycles. The third-order valence-corrected chi connectivity index (χ3v) is 10.1. The highest BCUT2D eigenvalue weighted by Gasteiger charge is 2.51. The molecule has 0 radical (unpaired) electrons. The number of nitrogens with zero attached hydrogens (tertiary/aromatic N) is 2. The summed E-state index contributed by atoms with van der Waals surface area (Å²) in [6, 6.07) is 9.82. The number of carbonyl (C=O) groups is 3. The maximum absolute atomic E-state index is 13.3. The Labute approximate surface area is 269 Å².